The van der Waals surface area contributed by atoms with Crippen LogP contribution < -0.4 is 15.5 Å². The Bertz CT molecular complexity index is 1080. The highest BCUT2D eigenvalue weighted by Gasteiger charge is 2.08. The average Bonchev–Trinajstić information content (AvgIpc) is 2.78. The third kappa shape index (κ3) is 6.97. The Balaban J connectivity index is 1.50. The Kier molecular flexibility index (Phi) is 7.79. The van der Waals surface area contributed by atoms with Gasteiger partial charge in [0.25, 0.3) is 11.8 Å². The number of carbonyl (C=O) groups excluding carboxylic acids is 2. The number of para-hydroxylation sites is 1. The van der Waals surface area contributed by atoms with Crippen molar-refractivity contribution in [1.82, 2.24) is 10.7 Å². The van der Waals surface area contributed by atoms with E-state index in [0.29, 0.717) is 28.5 Å². The number of hydrogen-bond acceptors (Lipinski definition) is 4. The zero-order chi connectivity index (χ0) is 22.1. The number of amides is 2. The Morgan fingerprint density at radius 3 is 2.58 bits per heavy atom. The maximum Gasteiger partial charge on any atom is 0.259 e. The van der Waals surface area contributed by atoms with E-state index in [9.17, 15) is 9.59 Å². The number of carbonyl (C=O) groups is 2. The van der Waals surface area contributed by atoms with E-state index < -0.39 is 5.91 Å². The molecule has 0 radical (unpaired) electrons. The molecule has 0 fully saturated rings. The van der Waals surface area contributed by atoms with Gasteiger partial charge in [-0.25, -0.2) is 5.43 Å². The fourth-order valence-electron chi connectivity index (χ4n) is 2.72. The predicted molar refractivity (Wildman–Crippen MR) is 121 cm³/mol. The van der Waals surface area contributed by atoms with E-state index in [-0.39, 0.29) is 12.5 Å². The van der Waals surface area contributed by atoms with Crippen molar-refractivity contribution in [2.45, 2.75) is 13.5 Å². The second-order valence-corrected chi connectivity index (χ2v) is 7.23. The highest BCUT2D eigenvalue weighted by molar-refractivity contribution is 6.30. The Hall–Kier alpha value is -3.64. The molecule has 0 saturated carbocycles. The third-order valence-electron chi connectivity index (χ3n) is 4.31. The monoisotopic (exact) mass is 435 g/mol. The largest absolute Gasteiger partial charge is 0.488 e. The lowest BCUT2D eigenvalue weighted by Gasteiger charge is -2.09. The first-order valence-corrected chi connectivity index (χ1v) is 10.0. The van der Waals surface area contributed by atoms with Gasteiger partial charge < -0.3 is 10.1 Å². The Morgan fingerprint density at radius 2 is 1.81 bits per heavy atom. The van der Waals surface area contributed by atoms with Crippen LogP contribution in [0.4, 0.5) is 0 Å². The van der Waals surface area contributed by atoms with Crippen molar-refractivity contribution in [1.29, 1.82) is 0 Å². The van der Waals surface area contributed by atoms with Gasteiger partial charge in [0.05, 0.1) is 12.8 Å². The molecule has 3 aromatic carbocycles. The summed E-state index contributed by atoms with van der Waals surface area (Å²) in [6.07, 6.45) is 1.50. The van der Waals surface area contributed by atoms with E-state index in [1.165, 1.54) is 6.21 Å². The van der Waals surface area contributed by atoms with Gasteiger partial charge in [-0.15, -0.1) is 0 Å². The quantitative estimate of drug-likeness (QED) is 0.413. The number of aryl methyl sites for hydroxylation is 1. The van der Waals surface area contributed by atoms with E-state index in [0.717, 1.165) is 11.1 Å². The molecule has 0 aromatic heterocycles. The lowest BCUT2D eigenvalue weighted by Crippen LogP contribution is -2.34. The van der Waals surface area contributed by atoms with Crippen molar-refractivity contribution in [2.75, 3.05) is 6.54 Å². The molecule has 0 spiro atoms. The molecule has 0 aliphatic rings. The summed E-state index contributed by atoms with van der Waals surface area (Å²) in [6, 6.07) is 21.9. The molecule has 0 bridgehead atoms. The van der Waals surface area contributed by atoms with Gasteiger partial charge >= 0.3 is 0 Å². The second-order valence-electron chi connectivity index (χ2n) is 6.80. The smallest absolute Gasteiger partial charge is 0.259 e. The second kappa shape index (κ2) is 10.9. The predicted octanol–water partition coefficient (Wildman–Crippen LogP) is 4.11. The molecule has 7 heteroatoms. The van der Waals surface area contributed by atoms with E-state index in [4.69, 9.17) is 16.3 Å². The minimum absolute atomic E-state index is 0.182. The minimum atomic E-state index is -0.434. The van der Waals surface area contributed by atoms with Crippen LogP contribution in [0.2, 0.25) is 5.02 Å². The number of hydrazone groups is 1. The molecule has 2 amide bonds. The lowest BCUT2D eigenvalue weighted by atomic mass is 10.1. The summed E-state index contributed by atoms with van der Waals surface area (Å²) >= 11 is 5.90. The molecule has 3 rings (SSSR count). The summed E-state index contributed by atoms with van der Waals surface area (Å²) in [6.45, 7) is 2.09. The highest BCUT2D eigenvalue weighted by atomic mass is 35.5. The van der Waals surface area contributed by atoms with Crippen molar-refractivity contribution >= 4 is 29.6 Å². The van der Waals surface area contributed by atoms with Gasteiger partial charge in [0.1, 0.15) is 12.4 Å². The van der Waals surface area contributed by atoms with Gasteiger partial charge in [-0.05, 0) is 48.9 Å². The third-order valence-corrected chi connectivity index (χ3v) is 4.56. The van der Waals surface area contributed by atoms with Crippen LogP contribution in [0.5, 0.6) is 5.75 Å². The summed E-state index contributed by atoms with van der Waals surface area (Å²) in [5.74, 6) is -0.121. The molecule has 6 nitrogen and oxygen atoms in total. The van der Waals surface area contributed by atoms with Crippen molar-refractivity contribution in [3.63, 3.8) is 0 Å². The highest BCUT2D eigenvalue weighted by Crippen LogP contribution is 2.18. The first kappa shape index (κ1) is 22.1. The van der Waals surface area contributed by atoms with E-state index in [1.807, 2.05) is 49.4 Å². The molecule has 2 N–H and O–H groups in total. The van der Waals surface area contributed by atoms with E-state index in [2.05, 4.69) is 15.8 Å². The number of ether oxygens (including phenoxy) is 1. The van der Waals surface area contributed by atoms with Gasteiger partial charge in [-0.3, -0.25) is 9.59 Å². The van der Waals surface area contributed by atoms with Crippen molar-refractivity contribution in [2.24, 2.45) is 5.10 Å². The molecule has 31 heavy (non-hydrogen) atoms. The standard InChI is InChI=1S/C24H22ClN3O3/c1-17-5-4-7-19(13-17)24(30)26-15-23(29)28-27-14-20-6-2-3-8-22(20)31-16-18-9-11-21(25)12-10-18/h2-14H,15-16H2,1H3,(H,26,30)(H,28,29)/b27-14+. The molecule has 0 atom stereocenters. The maximum absolute atomic E-state index is 12.1. The molecular formula is C24H22ClN3O3. The number of nitrogens with zero attached hydrogens (tertiary/aromatic N) is 1. The van der Waals surface area contributed by atoms with Crippen LogP contribution >= 0.6 is 11.6 Å². The van der Waals surface area contributed by atoms with Gasteiger partial charge in [0.2, 0.25) is 0 Å². The van der Waals surface area contributed by atoms with Crippen LogP contribution in [-0.4, -0.2) is 24.6 Å². The van der Waals surface area contributed by atoms with E-state index >= 15 is 0 Å². The first-order chi connectivity index (χ1) is 15.0. The van der Waals surface area contributed by atoms with Gasteiger partial charge in [-0.2, -0.15) is 5.10 Å². The lowest BCUT2D eigenvalue weighted by molar-refractivity contribution is -0.120. The molecule has 0 heterocycles. The van der Waals surface area contributed by atoms with Crippen LogP contribution in [0.15, 0.2) is 77.9 Å². The van der Waals surface area contributed by atoms with Gasteiger partial charge in [0, 0.05) is 16.1 Å². The summed E-state index contributed by atoms with van der Waals surface area (Å²) in [5.41, 5.74) is 5.57. The van der Waals surface area contributed by atoms with Gasteiger partial charge in [0.15, 0.2) is 0 Å². The molecule has 0 aliphatic carbocycles. The molecule has 158 valence electrons. The van der Waals surface area contributed by atoms with Crippen molar-refractivity contribution in [3.8, 4) is 5.75 Å². The van der Waals surface area contributed by atoms with Crippen LogP contribution in [0.3, 0.4) is 0 Å². The fourth-order valence-corrected chi connectivity index (χ4v) is 2.85. The van der Waals surface area contributed by atoms with E-state index in [1.54, 1.807) is 30.3 Å². The number of halogens is 1. The summed E-state index contributed by atoms with van der Waals surface area (Å²) < 4.78 is 5.85. The molecule has 3 aromatic rings. The first-order valence-electron chi connectivity index (χ1n) is 9.64. The Labute approximate surface area is 185 Å². The van der Waals surface area contributed by atoms with Crippen LogP contribution in [0, 0.1) is 6.92 Å². The van der Waals surface area contributed by atoms with Crippen LogP contribution in [0.1, 0.15) is 27.0 Å². The Morgan fingerprint density at radius 1 is 1.03 bits per heavy atom. The summed E-state index contributed by atoms with van der Waals surface area (Å²) in [7, 11) is 0. The molecular weight excluding hydrogens is 414 g/mol. The molecule has 0 saturated heterocycles. The number of hydrogen-bond donors (Lipinski definition) is 2. The topological polar surface area (TPSA) is 79.8 Å². The SMILES string of the molecule is Cc1cccc(C(=O)NCC(=O)N/N=C/c2ccccc2OCc2ccc(Cl)cc2)c1. The number of rotatable bonds is 8. The summed E-state index contributed by atoms with van der Waals surface area (Å²) in [4.78, 5) is 24.1. The van der Waals surface area contributed by atoms with Crippen LogP contribution in [0.25, 0.3) is 0 Å². The zero-order valence-electron chi connectivity index (χ0n) is 17.0. The fraction of sp³-hybridized carbons (Fsp3) is 0.125. The number of nitrogens with one attached hydrogen (secondary N) is 2. The van der Waals surface area contributed by atoms with Crippen molar-refractivity contribution < 1.29 is 14.3 Å². The maximum atomic E-state index is 12.1. The zero-order valence-corrected chi connectivity index (χ0v) is 17.7. The van der Waals surface area contributed by atoms with Crippen molar-refractivity contribution in [3.05, 3.63) is 100 Å². The molecule has 0 aliphatic heterocycles. The minimum Gasteiger partial charge on any atom is -0.488 e. The molecule has 0 unspecified atom stereocenters. The average molecular weight is 436 g/mol. The van der Waals surface area contributed by atoms with Gasteiger partial charge in [-0.1, -0.05) is 53.6 Å². The summed E-state index contributed by atoms with van der Waals surface area (Å²) in [5, 5.41) is 7.20. The number of benzene rings is 3. The van der Waals surface area contributed by atoms with Crippen LogP contribution in [-0.2, 0) is 11.4 Å². The normalized spacial score (nSPS) is 10.6.